The van der Waals surface area contributed by atoms with Crippen molar-refractivity contribution in [1.82, 2.24) is 5.32 Å². The molecule has 0 bridgehead atoms. The Morgan fingerprint density at radius 2 is 2.06 bits per heavy atom. The van der Waals surface area contributed by atoms with Crippen molar-refractivity contribution in [2.75, 3.05) is 24.7 Å². The second-order valence-electron chi connectivity index (χ2n) is 4.38. The van der Waals surface area contributed by atoms with Gasteiger partial charge >= 0.3 is 0 Å². The summed E-state index contributed by atoms with van der Waals surface area (Å²) < 4.78 is 0.336. The van der Waals surface area contributed by atoms with Crippen LogP contribution in [0.2, 0.25) is 0 Å². The van der Waals surface area contributed by atoms with E-state index in [0.717, 1.165) is 12.2 Å². The Kier molecular flexibility index (Phi) is 3.94. The quantitative estimate of drug-likeness (QED) is 0.812. The zero-order valence-corrected chi connectivity index (χ0v) is 10.8. The molecular formula is C13H18N2OS. The maximum absolute atomic E-state index is 11.6. The first kappa shape index (κ1) is 12.3. The van der Waals surface area contributed by atoms with Gasteiger partial charge in [-0.25, -0.2) is 0 Å². The molecule has 0 saturated heterocycles. The second kappa shape index (κ2) is 5.45. The molecule has 17 heavy (non-hydrogen) atoms. The number of amides is 1. The molecule has 0 atom stereocenters. The number of hydrogen-bond donors (Lipinski definition) is 2. The van der Waals surface area contributed by atoms with E-state index in [2.05, 4.69) is 16.9 Å². The lowest BCUT2D eigenvalue weighted by molar-refractivity contribution is -0.119. The van der Waals surface area contributed by atoms with Crippen molar-refractivity contribution < 1.29 is 4.79 Å². The average molecular weight is 250 g/mol. The highest BCUT2D eigenvalue weighted by molar-refractivity contribution is 8.00. The highest BCUT2D eigenvalue weighted by Gasteiger charge is 2.41. The number of carbonyl (C=O) groups is 1. The molecule has 1 amide bonds. The van der Waals surface area contributed by atoms with Crippen LogP contribution in [-0.2, 0) is 4.79 Å². The molecule has 0 radical (unpaired) electrons. The maximum Gasteiger partial charge on any atom is 0.239 e. The van der Waals surface area contributed by atoms with Crippen LogP contribution in [0.1, 0.15) is 12.8 Å². The van der Waals surface area contributed by atoms with Crippen LogP contribution < -0.4 is 10.6 Å². The minimum Gasteiger partial charge on any atom is -0.376 e. The van der Waals surface area contributed by atoms with Gasteiger partial charge in [-0.2, -0.15) is 11.8 Å². The molecule has 92 valence electrons. The number of hydrogen-bond acceptors (Lipinski definition) is 3. The molecule has 0 heterocycles. The Morgan fingerprint density at radius 3 is 2.65 bits per heavy atom. The minimum atomic E-state index is 0.0641. The van der Waals surface area contributed by atoms with Gasteiger partial charge in [0, 0.05) is 17.0 Å². The summed E-state index contributed by atoms with van der Waals surface area (Å²) in [4.78, 5) is 11.6. The van der Waals surface area contributed by atoms with Crippen molar-refractivity contribution in [1.29, 1.82) is 0 Å². The highest BCUT2D eigenvalue weighted by atomic mass is 32.2. The van der Waals surface area contributed by atoms with Crippen LogP contribution in [0.4, 0.5) is 5.69 Å². The molecule has 2 rings (SSSR count). The van der Waals surface area contributed by atoms with Crippen LogP contribution in [-0.4, -0.2) is 30.0 Å². The maximum atomic E-state index is 11.6. The molecule has 0 unspecified atom stereocenters. The molecule has 2 N–H and O–H groups in total. The molecule has 0 spiro atoms. The molecular weight excluding hydrogens is 232 g/mol. The van der Waals surface area contributed by atoms with Crippen molar-refractivity contribution in [3.8, 4) is 0 Å². The van der Waals surface area contributed by atoms with Crippen LogP contribution in [0, 0.1) is 0 Å². The van der Waals surface area contributed by atoms with Crippen molar-refractivity contribution in [2.45, 2.75) is 17.6 Å². The second-order valence-corrected chi connectivity index (χ2v) is 5.66. The number of benzene rings is 1. The Bertz CT molecular complexity index is 376. The van der Waals surface area contributed by atoms with Crippen molar-refractivity contribution in [3.63, 3.8) is 0 Å². The first-order valence-corrected chi connectivity index (χ1v) is 7.07. The van der Waals surface area contributed by atoms with E-state index in [9.17, 15) is 4.79 Å². The fraction of sp³-hybridized carbons (Fsp3) is 0.462. The highest BCUT2D eigenvalue weighted by Crippen LogP contribution is 2.46. The average Bonchev–Trinajstić information content (AvgIpc) is 3.16. The van der Waals surface area contributed by atoms with E-state index < -0.39 is 0 Å². The Balaban J connectivity index is 1.68. The molecule has 1 aromatic rings. The van der Waals surface area contributed by atoms with E-state index in [1.807, 2.05) is 42.1 Å². The number of thioether (sulfide) groups is 1. The van der Waals surface area contributed by atoms with E-state index >= 15 is 0 Å². The predicted octanol–water partition coefficient (Wildman–Crippen LogP) is 2.11. The fourth-order valence-electron chi connectivity index (χ4n) is 1.65. The van der Waals surface area contributed by atoms with Gasteiger partial charge in [-0.3, -0.25) is 4.79 Å². The third kappa shape index (κ3) is 3.66. The summed E-state index contributed by atoms with van der Waals surface area (Å²) in [5.74, 6) is 0.0641. The normalized spacial score (nSPS) is 16.3. The van der Waals surface area contributed by atoms with Gasteiger partial charge in [0.05, 0.1) is 6.54 Å². The standard InChI is InChI=1S/C13H18N2OS/c1-17-13(7-8-13)10-15-12(16)9-14-11-5-3-2-4-6-11/h2-6,14H,7-10H2,1H3,(H,15,16). The lowest BCUT2D eigenvalue weighted by Crippen LogP contribution is -2.35. The van der Waals surface area contributed by atoms with Crippen molar-refractivity contribution >= 4 is 23.4 Å². The zero-order chi connectivity index (χ0) is 12.1. The molecule has 3 nitrogen and oxygen atoms in total. The first-order valence-electron chi connectivity index (χ1n) is 5.85. The SMILES string of the molecule is CSC1(CNC(=O)CNc2ccccc2)CC1. The van der Waals surface area contributed by atoms with Gasteiger partial charge in [-0.05, 0) is 31.2 Å². The summed E-state index contributed by atoms with van der Waals surface area (Å²) in [5, 5.41) is 6.08. The summed E-state index contributed by atoms with van der Waals surface area (Å²) in [5.41, 5.74) is 0.980. The number of nitrogens with one attached hydrogen (secondary N) is 2. The van der Waals surface area contributed by atoms with Crippen LogP contribution >= 0.6 is 11.8 Å². The minimum absolute atomic E-state index is 0.0641. The van der Waals surface area contributed by atoms with Gasteiger partial charge in [0.15, 0.2) is 0 Å². The Labute approximate surface area is 106 Å². The summed E-state index contributed by atoms with van der Waals surface area (Å²) in [6.45, 7) is 1.14. The van der Waals surface area contributed by atoms with E-state index in [-0.39, 0.29) is 5.91 Å². The third-order valence-electron chi connectivity index (χ3n) is 3.08. The van der Waals surface area contributed by atoms with Gasteiger partial charge < -0.3 is 10.6 Å². The molecule has 0 aliphatic heterocycles. The summed E-state index contributed by atoms with van der Waals surface area (Å²) in [7, 11) is 0. The molecule has 0 aromatic heterocycles. The Morgan fingerprint density at radius 1 is 1.35 bits per heavy atom. The number of anilines is 1. The molecule has 1 fully saturated rings. The van der Waals surface area contributed by atoms with Gasteiger partial charge in [0.2, 0.25) is 5.91 Å². The number of para-hydroxylation sites is 1. The number of rotatable bonds is 6. The fourth-order valence-corrected chi connectivity index (χ4v) is 2.38. The molecule has 1 saturated carbocycles. The molecule has 1 aromatic carbocycles. The summed E-state index contributed by atoms with van der Waals surface area (Å²) in [6.07, 6.45) is 4.56. The van der Waals surface area contributed by atoms with Crippen LogP contribution in [0.15, 0.2) is 30.3 Å². The van der Waals surface area contributed by atoms with Crippen molar-refractivity contribution in [2.24, 2.45) is 0 Å². The third-order valence-corrected chi connectivity index (χ3v) is 4.49. The van der Waals surface area contributed by atoms with Crippen LogP contribution in [0.25, 0.3) is 0 Å². The lowest BCUT2D eigenvalue weighted by Gasteiger charge is -2.13. The Hall–Kier alpha value is -1.16. The van der Waals surface area contributed by atoms with E-state index in [0.29, 0.717) is 11.3 Å². The first-order chi connectivity index (χ1) is 8.24. The predicted molar refractivity (Wildman–Crippen MR) is 73.4 cm³/mol. The largest absolute Gasteiger partial charge is 0.376 e. The van der Waals surface area contributed by atoms with Gasteiger partial charge in [-0.1, -0.05) is 18.2 Å². The summed E-state index contributed by atoms with van der Waals surface area (Å²) >= 11 is 1.86. The van der Waals surface area contributed by atoms with Crippen LogP contribution in [0.3, 0.4) is 0 Å². The zero-order valence-electron chi connectivity index (χ0n) is 10.0. The molecule has 4 heteroatoms. The molecule has 1 aliphatic rings. The van der Waals surface area contributed by atoms with E-state index in [1.165, 1.54) is 12.8 Å². The van der Waals surface area contributed by atoms with Gasteiger partial charge in [-0.15, -0.1) is 0 Å². The van der Waals surface area contributed by atoms with Gasteiger partial charge in [0.25, 0.3) is 0 Å². The molecule has 1 aliphatic carbocycles. The smallest absolute Gasteiger partial charge is 0.239 e. The lowest BCUT2D eigenvalue weighted by atomic mass is 10.3. The van der Waals surface area contributed by atoms with Crippen LogP contribution in [0.5, 0.6) is 0 Å². The monoisotopic (exact) mass is 250 g/mol. The van der Waals surface area contributed by atoms with E-state index in [1.54, 1.807) is 0 Å². The summed E-state index contributed by atoms with van der Waals surface area (Å²) in [6, 6.07) is 9.77. The van der Waals surface area contributed by atoms with Crippen molar-refractivity contribution in [3.05, 3.63) is 30.3 Å². The van der Waals surface area contributed by atoms with E-state index in [4.69, 9.17) is 0 Å². The number of carbonyl (C=O) groups excluding carboxylic acids is 1. The van der Waals surface area contributed by atoms with Gasteiger partial charge in [0.1, 0.15) is 0 Å². The topological polar surface area (TPSA) is 41.1 Å².